The number of hydrogen-bond donors (Lipinski definition) is 1. The molecular formula is C20H24O3. The zero-order chi connectivity index (χ0) is 16.8. The van der Waals surface area contributed by atoms with E-state index < -0.39 is 11.9 Å². The molecule has 0 aliphatic carbocycles. The fourth-order valence-corrected chi connectivity index (χ4v) is 2.64. The van der Waals surface area contributed by atoms with E-state index in [4.69, 9.17) is 4.74 Å². The van der Waals surface area contributed by atoms with E-state index in [0.717, 1.165) is 28.9 Å². The van der Waals surface area contributed by atoms with Crippen molar-refractivity contribution < 1.29 is 14.6 Å². The van der Waals surface area contributed by atoms with E-state index in [9.17, 15) is 9.90 Å². The molecule has 0 saturated heterocycles. The van der Waals surface area contributed by atoms with Crippen LogP contribution in [0.2, 0.25) is 0 Å². The molecule has 122 valence electrons. The number of hydrogen-bond acceptors (Lipinski definition) is 2. The molecule has 0 fully saturated rings. The highest BCUT2D eigenvalue weighted by atomic mass is 16.5. The van der Waals surface area contributed by atoms with Gasteiger partial charge in [0.1, 0.15) is 5.75 Å². The number of aryl methyl sites for hydroxylation is 2. The molecular weight excluding hydrogens is 288 g/mol. The van der Waals surface area contributed by atoms with Crippen LogP contribution in [0.3, 0.4) is 0 Å². The molecule has 0 bridgehead atoms. The van der Waals surface area contributed by atoms with Gasteiger partial charge in [-0.15, -0.1) is 0 Å². The van der Waals surface area contributed by atoms with Gasteiger partial charge in [-0.3, -0.25) is 4.79 Å². The molecule has 0 saturated carbocycles. The van der Waals surface area contributed by atoms with Crippen LogP contribution in [0.1, 0.15) is 41.5 Å². The predicted octanol–water partition coefficient (Wildman–Crippen LogP) is 4.50. The quantitative estimate of drug-likeness (QED) is 0.818. The average molecular weight is 312 g/mol. The maximum Gasteiger partial charge on any atom is 0.311 e. The van der Waals surface area contributed by atoms with Crippen LogP contribution in [0, 0.1) is 13.8 Å². The van der Waals surface area contributed by atoms with Crippen LogP contribution in [0.5, 0.6) is 5.75 Å². The van der Waals surface area contributed by atoms with Gasteiger partial charge >= 0.3 is 5.97 Å². The molecule has 3 nitrogen and oxygen atoms in total. The summed E-state index contributed by atoms with van der Waals surface area (Å²) in [6, 6.07) is 13.7. The minimum atomic E-state index is -0.795. The highest BCUT2D eigenvalue weighted by Crippen LogP contribution is 2.27. The zero-order valence-corrected chi connectivity index (χ0v) is 14.0. The summed E-state index contributed by atoms with van der Waals surface area (Å²) in [7, 11) is 0. The SMILES string of the molecule is CCCOc1ccc(C(Cc2ccc(C)cc2)C(=O)O)c(C)c1. The summed E-state index contributed by atoms with van der Waals surface area (Å²) < 4.78 is 5.62. The van der Waals surface area contributed by atoms with Crippen molar-refractivity contribution in [3.8, 4) is 5.75 Å². The first-order valence-electron chi connectivity index (χ1n) is 8.03. The zero-order valence-electron chi connectivity index (χ0n) is 14.0. The van der Waals surface area contributed by atoms with E-state index in [1.165, 1.54) is 5.56 Å². The third-order valence-corrected chi connectivity index (χ3v) is 3.95. The minimum absolute atomic E-state index is 0.492. The molecule has 0 heterocycles. The second-order valence-electron chi connectivity index (χ2n) is 5.95. The van der Waals surface area contributed by atoms with E-state index in [-0.39, 0.29) is 0 Å². The van der Waals surface area contributed by atoms with Crippen LogP contribution in [-0.2, 0) is 11.2 Å². The normalized spacial score (nSPS) is 12.0. The molecule has 3 heteroatoms. The van der Waals surface area contributed by atoms with Crippen LogP contribution in [0.25, 0.3) is 0 Å². The monoisotopic (exact) mass is 312 g/mol. The molecule has 0 aliphatic rings. The van der Waals surface area contributed by atoms with Crippen LogP contribution in [-0.4, -0.2) is 17.7 Å². The third kappa shape index (κ3) is 4.59. The lowest BCUT2D eigenvalue weighted by molar-refractivity contribution is -0.138. The van der Waals surface area contributed by atoms with Gasteiger partial charge in [0.25, 0.3) is 0 Å². The van der Waals surface area contributed by atoms with Crippen LogP contribution in [0.4, 0.5) is 0 Å². The fourth-order valence-electron chi connectivity index (χ4n) is 2.64. The number of carboxylic acid groups (broad SMARTS) is 1. The molecule has 1 N–H and O–H groups in total. The van der Waals surface area contributed by atoms with Gasteiger partial charge in [-0.1, -0.05) is 42.8 Å². The smallest absolute Gasteiger partial charge is 0.311 e. The standard InChI is InChI=1S/C20H24O3/c1-4-11-23-17-9-10-18(15(3)12-17)19(20(21)22)13-16-7-5-14(2)6-8-16/h5-10,12,19H,4,11,13H2,1-3H3,(H,21,22). The highest BCUT2D eigenvalue weighted by Gasteiger charge is 2.22. The number of carboxylic acids is 1. The van der Waals surface area contributed by atoms with Crippen molar-refractivity contribution in [3.05, 3.63) is 64.7 Å². The summed E-state index contributed by atoms with van der Waals surface area (Å²) in [6.45, 7) is 6.70. The molecule has 0 amide bonds. The Hall–Kier alpha value is -2.29. The van der Waals surface area contributed by atoms with Crippen LogP contribution >= 0.6 is 0 Å². The Kier molecular flexibility index (Phi) is 5.80. The first-order valence-corrected chi connectivity index (χ1v) is 8.03. The number of benzene rings is 2. The summed E-state index contributed by atoms with van der Waals surface area (Å²) in [5.74, 6) is -0.540. The van der Waals surface area contributed by atoms with Gasteiger partial charge in [0.2, 0.25) is 0 Å². The van der Waals surface area contributed by atoms with E-state index >= 15 is 0 Å². The van der Waals surface area contributed by atoms with E-state index in [2.05, 4.69) is 6.92 Å². The van der Waals surface area contributed by atoms with Gasteiger partial charge in [-0.25, -0.2) is 0 Å². The number of rotatable bonds is 7. The summed E-state index contributed by atoms with van der Waals surface area (Å²) in [6.07, 6.45) is 1.44. The summed E-state index contributed by atoms with van der Waals surface area (Å²) in [4.78, 5) is 11.7. The molecule has 2 aromatic rings. The number of ether oxygens (including phenoxy) is 1. The van der Waals surface area contributed by atoms with Crippen molar-refractivity contribution in [2.75, 3.05) is 6.61 Å². The molecule has 0 aliphatic heterocycles. The maximum absolute atomic E-state index is 11.7. The van der Waals surface area contributed by atoms with E-state index in [1.54, 1.807) is 0 Å². The Morgan fingerprint density at radius 3 is 2.39 bits per heavy atom. The van der Waals surface area contributed by atoms with Crippen molar-refractivity contribution in [1.29, 1.82) is 0 Å². The lowest BCUT2D eigenvalue weighted by Gasteiger charge is -2.17. The summed E-state index contributed by atoms with van der Waals surface area (Å²) in [5, 5.41) is 9.65. The highest BCUT2D eigenvalue weighted by molar-refractivity contribution is 5.77. The van der Waals surface area contributed by atoms with Crippen molar-refractivity contribution >= 4 is 5.97 Å². The van der Waals surface area contributed by atoms with Crippen LogP contribution < -0.4 is 4.74 Å². The van der Waals surface area contributed by atoms with Crippen molar-refractivity contribution in [2.24, 2.45) is 0 Å². The van der Waals surface area contributed by atoms with Crippen molar-refractivity contribution in [2.45, 2.75) is 39.5 Å². The lowest BCUT2D eigenvalue weighted by Crippen LogP contribution is -2.15. The lowest BCUT2D eigenvalue weighted by atomic mass is 9.89. The largest absolute Gasteiger partial charge is 0.494 e. The first kappa shape index (κ1) is 17.1. The topological polar surface area (TPSA) is 46.5 Å². The van der Waals surface area contributed by atoms with Gasteiger partial charge in [0, 0.05) is 0 Å². The van der Waals surface area contributed by atoms with E-state index in [1.807, 2.05) is 56.3 Å². The molecule has 2 aromatic carbocycles. The Balaban J connectivity index is 2.23. The molecule has 2 rings (SSSR count). The summed E-state index contributed by atoms with van der Waals surface area (Å²) in [5.41, 5.74) is 4.02. The van der Waals surface area contributed by atoms with Gasteiger partial charge in [-0.05, 0) is 55.5 Å². The Morgan fingerprint density at radius 1 is 1.13 bits per heavy atom. The molecule has 0 spiro atoms. The van der Waals surface area contributed by atoms with Gasteiger partial charge in [-0.2, -0.15) is 0 Å². The van der Waals surface area contributed by atoms with Crippen molar-refractivity contribution in [3.63, 3.8) is 0 Å². The fraction of sp³-hybridized carbons (Fsp3) is 0.350. The van der Waals surface area contributed by atoms with Gasteiger partial charge < -0.3 is 9.84 Å². The van der Waals surface area contributed by atoms with Crippen LogP contribution in [0.15, 0.2) is 42.5 Å². The average Bonchev–Trinajstić information content (AvgIpc) is 2.53. The molecule has 0 aromatic heterocycles. The second kappa shape index (κ2) is 7.82. The second-order valence-corrected chi connectivity index (χ2v) is 5.95. The van der Waals surface area contributed by atoms with Gasteiger partial charge in [0.15, 0.2) is 0 Å². The first-order chi connectivity index (χ1) is 11.0. The van der Waals surface area contributed by atoms with E-state index in [0.29, 0.717) is 13.0 Å². The third-order valence-electron chi connectivity index (χ3n) is 3.95. The van der Waals surface area contributed by atoms with Gasteiger partial charge in [0.05, 0.1) is 12.5 Å². The summed E-state index contributed by atoms with van der Waals surface area (Å²) >= 11 is 0. The van der Waals surface area contributed by atoms with Crippen molar-refractivity contribution in [1.82, 2.24) is 0 Å². The Labute approximate surface area is 137 Å². The number of aliphatic carboxylic acids is 1. The minimum Gasteiger partial charge on any atom is -0.494 e. The Bertz CT molecular complexity index is 659. The Morgan fingerprint density at radius 2 is 1.83 bits per heavy atom. The molecule has 23 heavy (non-hydrogen) atoms. The number of carbonyl (C=O) groups is 1. The maximum atomic E-state index is 11.7. The molecule has 1 atom stereocenters. The molecule has 1 unspecified atom stereocenters. The predicted molar refractivity (Wildman–Crippen MR) is 92.2 cm³/mol. The molecule has 0 radical (unpaired) electrons.